The Labute approximate surface area is 99.3 Å². The number of hydrogen-bond donors (Lipinski definition) is 1. The van der Waals surface area contributed by atoms with E-state index in [4.69, 9.17) is 0 Å². The van der Waals surface area contributed by atoms with Crippen molar-refractivity contribution in [1.82, 2.24) is 10.3 Å². The van der Waals surface area contributed by atoms with Crippen LogP contribution < -0.4 is 10.2 Å². The lowest BCUT2D eigenvalue weighted by Crippen LogP contribution is -2.44. The summed E-state index contributed by atoms with van der Waals surface area (Å²) < 4.78 is 13.9. The van der Waals surface area contributed by atoms with E-state index in [0.717, 1.165) is 31.6 Å². The summed E-state index contributed by atoms with van der Waals surface area (Å²) in [6, 6.07) is 9.51. The number of nitrogens with zero attached hydrogens (tertiary/aromatic N) is 2. The number of anilines is 1. The standard InChI is InChI=1S/C13H14FN3/c14-13-12(17-7-5-15-6-8-17)9-10-3-1-2-4-11(10)16-13/h1-4,9,15H,5-8H2. The molecule has 1 aromatic heterocycles. The molecule has 1 N–H and O–H groups in total. The van der Waals surface area contributed by atoms with Crippen LogP contribution in [-0.2, 0) is 0 Å². The summed E-state index contributed by atoms with van der Waals surface area (Å²) in [7, 11) is 0. The quantitative estimate of drug-likeness (QED) is 0.758. The molecule has 1 aliphatic heterocycles. The molecule has 88 valence electrons. The van der Waals surface area contributed by atoms with Crippen LogP contribution in [0.3, 0.4) is 0 Å². The van der Waals surface area contributed by atoms with E-state index in [0.29, 0.717) is 11.2 Å². The number of aromatic nitrogens is 1. The van der Waals surface area contributed by atoms with E-state index >= 15 is 0 Å². The zero-order valence-corrected chi connectivity index (χ0v) is 9.49. The largest absolute Gasteiger partial charge is 0.365 e. The molecular formula is C13H14FN3. The van der Waals surface area contributed by atoms with Crippen LogP contribution in [0.15, 0.2) is 30.3 Å². The first kappa shape index (κ1) is 10.5. The predicted octanol–water partition coefficient (Wildman–Crippen LogP) is 1.78. The van der Waals surface area contributed by atoms with Gasteiger partial charge in [-0.15, -0.1) is 0 Å². The van der Waals surface area contributed by atoms with Crippen molar-refractivity contribution in [1.29, 1.82) is 0 Å². The predicted molar refractivity (Wildman–Crippen MR) is 66.8 cm³/mol. The number of benzene rings is 1. The summed E-state index contributed by atoms with van der Waals surface area (Å²) in [5, 5.41) is 4.24. The average Bonchev–Trinajstić information content (AvgIpc) is 2.39. The fourth-order valence-electron chi connectivity index (χ4n) is 2.21. The van der Waals surface area contributed by atoms with Crippen molar-refractivity contribution in [2.45, 2.75) is 0 Å². The smallest absolute Gasteiger partial charge is 0.237 e. The molecule has 0 spiro atoms. The molecule has 3 nitrogen and oxygen atoms in total. The van der Waals surface area contributed by atoms with Gasteiger partial charge in [-0.25, -0.2) is 4.98 Å². The van der Waals surface area contributed by atoms with E-state index in [1.807, 2.05) is 35.2 Å². The zero-order chi connectivity index (χ0) is 11.7. The van der Waals surface area contributed by atoms with E-state index in [1.54, 1.807) is 0 Å². The molecule has 1 fully saturated rings. The summed E-state index contributed by atoms with van der Waals surface area (Å²) in [6.45, 7) is 3.45. The highest BCUT2D eigenvalue weighted by atomic mass is 19.1. The Kier molecular flexibility index (Phi) is 2.65. The Morgan fingerprint density at radius 3 is 2.76 bits per heavy atom. The van der Waals surface area contributed by atoms with Gasteiger partial charge in [0.15, 0.2) is 0 Å². The van der Waals surface area contributed by atoms with Crippen LogP contribution in [0.4, 0.5) is 10.1 Å². The molecule has 0 unspecified atom stereocenters. The summed E-state index contributed by atoms with van der Waals surface area (Å²) in [5.74, 6) is -0.370. The molecule has 0 saturated carbocycles. The minimum atomic E-state index is -0.370. The Bertz CT molecular complexity index is 535. The van der Waals surface area contributed by atoms with Crippen LogP contribution in [0.5, 0.6) is 0 Å². The second kappa shape index (κ2) is 4.30. The monoisotopic (exact) mass is 231 g/mol. The van der Waals surface area contributed by atoms with E-state index in [2.05, 4.69) is 10.3 Å². The van der Waals surface area contributed by atoms with Gasteiger partial charge in [-0.3, -0.25) is 0 Å². The van der Waals surface area contributed by atoms with Gasteiger partial charge in [0, 0.05) is 31.6 Å². The lowest BCUT2D eigenvalue weighted by molar-refractivity contribution is 0.551. The second-order valence-electron chi connectivity index (χ2n) is 4.23. The van der Waals surface area contributed by atoms with Crippen molar-refractivity contribution in [3.05, 3.63) is 36.3 Å². The van der Waals surface area contributed by atoms with Gasteiger partial charge in [0.1, 0.15) is 0 Å². The molecule has 0 atom stereocenters. The number of nitrogens with one attached hydrogen (secondary N) is 1. The molecule has 0 amide bonds. The normalized spacial score (nSPS) is 16.4. The first-order chi connectivity index (χ1) is 8.34. The SMILES string of the molecule is Fc1nc2ccccc2cc1N1CCNCC1. The van der Waals surface area contributed by atoms with Gasteiger partial charge in [-0.05, 0) is 12.1 Å². The number of para-hydroxylation sites is 1. The van der Waals surface area contributed by atoms with Gasteiger partial charge in [-0.2, -0.15) is 4.39 Å². The molecule has 1 aliphatic rings. The number of pyridine rings is 1. The van der Waals surface area contributed by atoms with E-state index in [9.17, 15) is 4.39 Å². The van der Waals surface area contributed by atoms with Gasteiger partial charge in [-0.1, -0.05) is 18.2 Å². The molecule has 0 aliphatic carbocycles. The fourth-order valence-corrected chi connectivity index (χ4v) is 2.21. The zero-order valence-electron chi connectivity index (χ0n) is 9.49. The molecule has 3 rings (SSSR count). The molecule has 2 heterocycles. The maximum absolute atomic E-state index is 13.9. The van der Waals surface area contributed by atoms with Gasteiger partial charge >= 0.3 is 0 Å². The van der Waals surface area contributed by atoms with Crippen molar-refractivity contribution >= 4 is 16.6 Å². The van der Waals surface area contributed by atoms with Gasteiger partial charge in [0.25, 0.3) is 0 Å². The van der Waals surface area contributed by atoms with Crippen LogP contribution in [-0.4, -0.2) is 31.2 Å². The third-order valence-corrected chi connectivity index (χ3v) is 3.12. The average molecular weight is 231 g/mol. The Morgan fingerprint density at radius 1 is 1.18 bits per heavy atom. The lowest BCUT2D eigenvalue weighted by Gasteiger charge is -2.29. The topological polar surface area (TPSA) is 28.2 Å². The molecule has 1 saturated heterocycles. The molecule has 17 heavy (non-hydrogen) atoms. The van der Waals surface area contributed by atoms with E-state index in [1.165, 1.54) is 0 Å². The van der Waals surface area contributed by atoms with Crippen molar-refractivity contribution in [3.63, 3.8) is 0 Å². The number of hydrogen-bond acceptors (Lipinski definition) is 3. The van der Waals surface area contributed by atoms with Gasteiger partial charge in [0.2, 0.25) is 5.95 Å². The Hall–Kier alpha value is -1.68. The highest BCUT2D eigenvalue weighted by Crippen LogP contribution is 2.23. The van der Waals surface area contributed by atoms with Crippen molar-refractivity contribution in [2.24, 2.45) is 0 Å². The van der Waals surface area contributed by atoms with Crippen LogP contribution in [0.1, 0.15) is 0 Å². The minimum absolute atomic E-state index is 0.370. The summed E-state index contributed by atoms with van der Waals surface area (Å²) in [6.07, 6.45) is 0. The number of rotatable bonds is 1. The molecule has 0 radical (unpaired) electrons. The lowest BCUT2D eigenvalue weighted by atomic mass is 10.2. The molecular weight excluding hydrogens is 217 g/mol. The molecule has 1 aromatic carbocycles. The maximum atomic E-state index is 13.9. The van der Waals surface area contributed by atoms with E-state index in [-0.39, 0.29) is 5.95 Å². The maximum Gasteiger partial charge on any atom is 0.237 e. The van der Waals surface area contributed by atoms with Crippen LogP contribution in [0.25, 0.3) is 10.9 Å². The Morgan fingerprint density at radius 2 is 1.94 bits per heavy atom. The van der Waals surface area contributed by atoms with Crippen molar-refractivity contribution in [2.75, 3.05) is 31.1 Å². The number of fused-ring (bicyclic) bond motifs is 1. The summed E-state index contributed by atoms with van der Waals surface area (Å²) in [4.78, 5) is 6.07. The molecule has 0 bridgehead atoms. The van der Waals surface area contributed by atoms with E-state index < -0.39 is 0 Å². The van der Waals surface area contributed by atoms with Crippen LogP contribution in [0, 0.1) is 5.95 Å². The first-order valence-corrected chi connectivity index (χ1v) is 5.85. The van der Waals surface area contributed by atoms with Crippen LogP contribution in [0.2, 0.25) is 0 Å². The highest BCUT2D eigenvalue weighted by molar-refractivity contribution is 5.81. The highest BCUT2D eigenvalue weighted by Gasteiger charge is 2.15. The first-order valence-electron chi connectivity index (χ1n) is 5.85. The third-order valence-electron chi connectivity index (χ3n) is 3.12. The Balaban J connectivity index is 2.06. The second-order valence-corrected chi connectivity index (χ2v) is 4.23. The fraction of sp³-hybridized carbons (Fsp3) is 0.308. The van der Waals surface area contributed by atoms with Crippen LogP contribution >= 0.6 is 0 Å². The summed E-state index contributed by atoms with van der Waals surface area (Å²) in [5.41, 5.74) is 1.33. The van der Waals surface area contributed by atoms with Crippen molar-refractivity contribution in [3.8, 4) is 0 Å². The number of piperazine rings is 1. The number of halogens is 1. The van der Waals surface area contributed by atoms with Gasteiger partial charge in [0.05, 0.1) is 11.2 Å². The van der Waals surface area contributed by atoms with Gasteiger partial charge < -0.3 is 10.2 Å². The summed E-state index contributed by atoms with van der Waals surface area (Å²) >= 11 is 0. The molecule has 4 heteroatoms. The molecule has 2 aromatic rings. The third kappa shape index (κ3) is 1.96. The minimum Gasteiger partial charge on any atom is -0.365 e. The van der Waals surface area contributed by atoms with Crippen molar-refractivity contribution < 1.29 is 4.39 Å².